The highest BCUT2D eigenvalue weighted by Gasteiger charge is 2.07. The van der Waals surface area contributed by atoms with Gasteiger partial charge in [0.15, 0.2) is 0 Å². The molecule has 1 aliphatic rings. The Morgan fingerprint density at radius 1 is 1.43 bits per heavy atom. The molecule has 0 aromatic rings. The van der Waals surface area contributed by atoms with Crippen molar-refractivity contribution in [2.75, 3.05) is 6.61 Å². The summed E-state index contributed by atoms with van der Waals surface area (Å²) < 4.78 is 5.09. The van der Waals surface area contributed by atoms with Crippen molar-refractivity contribution in [3.8, 4) is 0 Å². The molecule has 0 N–H and O–H groups in total. The van der Waals surface area contributed by atoms with Crippen LogP contribution in [0.5, 0.6) is 0 Å². The van der Waals surface area contributed by atoms with Crippen LogP contribution in [-0.2, 0) is 4.74 Å². The van der Waals surface area contributed by atoms with E-state index in [9.17, 15) is 0 Å². The molecule has 0 spiro atoms. The van der Waals surface area contributed by atoms with Crippen molar-refractivity contribution in [3.63, 3.8) is 0 Å². The van der Waals surface area contributed by atoms with Crippen molar-refractivity contribution in [2.24, 2.45) is 0 Å². The molecular weight excluding hydrogens is 108 g/mol. The van der Waals surface area contributed by atoms with E-state index in [1.807, 2.05) is 0 Å². The fourth-order valence-electron chi connectivity index (χ4n) is 0.711. The van der Waals surface area contributed by atoms with Gasteiger partial charge < -0.3 is 4.74 Å². The second-order valence-electron chi connectivity index (χ2n) is 1.80. The first-order chi connectivity index (χ1) is 3.39. The van der Waals surface area contributed by atoms with Crippen LogP contribution >= 0.6 is 12.6 Å². The average Bonchev–Trinajstić information content (AvgIpc) is 1.69. The normalized spacial score (nSPS) is 33.0. The molecule has 0 aliphatic carbocycles. The summed E-state index contributed by atoms with van der Waals surface area (Å²) in [6.07, 6.45) is 3.54. The standard InChI is InChI=1S/C5H9OS/c7-5-3-1-2-4-6-5/h5H,1-4H2. The molecule has 1 aliphatic heterocycles. The van der Waals surface area contributed by atoms with Gasteiger partial charge in [-0.3, -0.25) is 0 Å². The van der Waals surface area contributed by atoms with Crippen molar-refractivity contribution in [3.05, 3.63) is 0 Å². The molecule has 0 aromatic heterocycles. The van der Waals surface area contributed by atoms with Crippen LogP contribution in [-0.4, -0.2) is 12.0 Å². The Hall–Kier alpha value is 0.310. The van der Waals surface area contributed by atoms with E-state index in [1.54, 1.807) is 0 Å². The molecule has 1 fully saturated rings. The summed E-state index contributed by atoms with van der Waals surface area (Å²) in [7, 11) is 0. The fraction of sp³-hybridized carbons (Fsp3) is 1.00. The Bertz CT molecular complexity index is 50.0. The van der Waals surface area contributed by atoms with Crippen molar-refractivity contribution in [2.45, 2.75) is 24.7 Å². The zero-order valence-corrected chi connectivity index (χ0v) is 5.04. The lowest BCUT2D eigenvalue weighted by atomic mass is 10.2. The van der Waals surface area contributed by atoms with Crippen molar-refractivity contribution >= 4 is 12.6 Å². The molecule has 1 unspecified atom stereocenters. The minimum Gasteiger partial charge on any atom is -0.367 e. The van der Waals surface area contributed by atoms with Crippen LogP contribution in [0, 0.1) is 0 Å². The monoisotopic (exact) mass is 117 g/mol. The van der Waals surface area contributed by atoms with Gasteiger partial charge in [-0.1, -0.05) is 12.6 Å². The largest absolute Gasteiger partial charge is 0.367 e. The molecule has 0 amide bonds. The van der Waals surface area contributed by atoms with E-state index in [4.69, 9.17) is 17.4 Å². The average molecular weight is 117 g/mol. The Labute approximate surface area is 49.5 Å². The molecule has 1 nitrogen and oxygen atoms in total. The molecule has 0 aromatic carbocycles. The highest BCUT2D eigenvalue weighted by molar-refractivity contribution is 7.80. The van der Waals surface area contributed by atoms with Gasteiger partial charge in [-0.15, -0.1) is 0 Å². The van der Waals surface area contributed by atoms with E-state index in [2.05, 4.69) is 0 Å². The molecule has 1 atom stereocenters. The molecule has 1 rings (SSSR count). The van der Waals surface area contributed by atoms with Gasteiger partial charge in [0.1, 0.15) is 5.44 Å². The van der Waals surface area contributed by atoms with Crippen molar-refractivity contribution < 1.29 is 4.74 Å². The third-order valence-electron chi connectivity index (χ3n) is 1.14. The summed E-state index contributed by atoms with van der Waals surface area (Å²) in [5.41, 5.74) is 0.119. The Kier molecular flexibility index (Phi) is 2.00. The van der Waals surface area contributed by atoms with Gasteiger partial charge in [-0.25, -0.2) is 0 Å². The van der Waals surface area contributed by atoms with Crippen LogP contribution in [0.3, 0.4) is 0 Å². The quantitative estimate of drug-likeness (QED) is 0.469. The molecule has 7 heavy (non-hydrogen) atoms. The first-order valence-electron chi connectivity index (χ1n) is 2.67. The fourth-order valence-corrected chi connectivity index (χ4v) is 0.974. The lowest BCUT2D eigenvalue weighted by molar-refractivity contribution is 0.0742. The Morgan fingerprint density at radius 3 is 2.57 bits per heavy atom. The summed E-state index contributed by atoms with van der Waals surface area (Å²) in [6.45, 7) is 0.883. The molecule has 0 bridgehead atoms. The number of hydrogen-bond acceptors (Lipinski definition) is 1. The summed E-state index contributed by atoms with van der Waals surface area (Å²) in [5, 5.41) is 0. The van der Waals surface area contributed by atoms with Gasteiger partial charge in [0.2, 0.25) is 0 Å². The first kappa shape index (κ1) is 5.45. The van der Waals surface area contributed by atoms with E-state index < -0.39 is 0 Å². The van der Waals surface area contributed by atoms with Crippen molar-refractivity contribution in [1.29, 1.82) is 0 Å². The van der Waals surface area contributed by atoms with E-state index in [0.717, 1.165) is 13.0 Å². The predicted molar refractivity (Wildman–Crippen MR) is 31.2 cm³/mol. The molecule has 2 heteroatoms. The van der Waals surface area contributed by atoms with Crippen molar-refractivity contribution in [1.82, 2.24) is 0 Å². The van der Waals surface area contributed by atoms with Gasteiger partial charge >= 0.3 is 0 Å². The maximum Gasteiger partial charge on any atom is 0.113 e. The summed E-state index contributed by atoms with van der Waals surface area (Å²) in [6, 6.07) is 0. The highest BCUT2D eigenvalue weighted by Crippen LogP contribution is 2.14. The highest BCUT2D eigenvalue weighted by atomic mass is 32.1. The zero-order valence-electron chi connectivity index (χ0n) is 4.22. The van der Waals surface area contributed by atoms with Crippen LogP contribution in [0.1, 0.15) is 19.3 Å². The van der Waals surface area contributed by atoms with E-state index in [-0.39, 0.29) is 5.44 Å². The lowest BCUT2D eigenvalue weighted by Gasteiger charge is -2.15. The number of ether oxygens (including phenoxy) is 1. The molecule has 41 valence electrons. The second kappa shape index (κ2) is 2.58. The van der Waals surface area contributed by atoms with Gasteiger partial charge in [-0.05, 0) is 19.3 Å². The number of rotatable bonds is 0. The van der Waals surface area contributed by atoms with Crippen LogP contribution in [0.2, 0.25) is 0 Å². The third kappa shape index (κ3) is 1.70. The Morgan fingerprint density at radius 2 is 2.29 bits per heavy atom. The molecule has 1 heterocycles. The molecular formula is C5H9OS. The van der Waals surface area contributed by atoms with Gasteiger partial charge in [-0.2, -0.15) is 0 Å². The number of hydrogen-bond donors (Lipinski definition) is 0. The third-order valence-corrected chi connectivity index (χ3v) is 1.51. The van der Waals surface area contributed by atoms with E-state index >= 15 is 0 Å². The summed E-state index contributed by atoms with van der Waals surface area (Å²) >= 11 is 4.87. The molecule has 0 saturated carbocycles. The lowest BCUT2D eigenvalue weighted by Crippen LogP contribution is -2.11. The van der Waals surface area contributed by atoms with Crippen LogP contribution in [0.4, 0.5) is 0 Å². The minimum atomic E-state index is 0.119. The summed E-state index contributed by atoms with van der Waals surface area (Å²) in [4.78, 5) is 0. The summed E-state index contributed by atoms with van der Waals surface area (Å²) in [5.74, 6) is 0. The van der Waals surface area contributed by atoms with Gasteiger partial charge in [0.25, 0.3) is 0 Å². The first-order valence-corrected chi connectivity index (χ1v) is 3.14. The van der Waals surface area contributed by atoms with Crippen LogP contribution < -0.4 is 0 Å². The van der Waals surface area contributed by atoms with Gasteiger partial charge in [0, 0.05) is 6.61 Å². The zero-order chi connectivity index (χ0) is 5.11. The maximum absolute atomic E-state index is 5.09. The predicted octanol–water partition coefficient (Wildman–Crippen LogP) is 1.71. The maximum atomic E-state index is 5.09. The molecule has 1 radical (unpaired) electrons. The van der Waals surface area contributed by atoms with E-state index in [0.29, 0.717) is 0 Å². The smallest absolute Gasteiger partial charge is 0.113 e. The SMILES string of the molecule is [S]C1CCCCO1. The minimum absolute atomic E-state index is 0.119. The van der Waals surface area contributed by atoms with E-state index in [1.165, 1.54) is 12.8 Å². The molecule has 1 saturated heterocycles. The second-order valence-corrected chi connectivity index (χ2v) is 2.32. The Balaban J connectivity index is 2.12. The topological polar surface area (TPSA) is 9.23 Å². The van der Waals surface area contributed by atoms with Gasteiger partial charge in [0.05, 0.1) is 0 Å². The van der Waals surface area contributed by atoms with Crippen LogP contribution in [0.15, 0.2) is 0 Å². The van der Waals surface area contributed by atoms with Crippen LogP contribution in [0.25, 0.3) is 0 Å².